The second-order valence-corrected chi connectivity index (χ2v) is 4.73. The average Bonchev–Trinajstić information content (AvgIpc) is 2.68. The van der Waals surface area contributed by atoms with Crippen LogP contribution in [0.1, 0.15) is 26.3 Å². The van der Waals surface area contributed by atoms with E-state index < -0.39 is 0 Å². The van der Waals surface area contributed by atoms with Gasteiger partial charge in [0.2, 0.25) is 0 Å². The first-order chi connectivity index (χ1) is 7.50. The maximum atomic E-state index is 13.9. The zero-order valence-corrected chi connectivity index (χ0v) is 9.61. The first-order valence-corrected chi connectivity index (χ1v) is 5.14. The van der Waals surface area contributed by atoms with Gasteiger partial charge in [0.25, 0.3) is 0 Å². The van der Waals surface area contributed by atoms with Crippen molar-refractivity contribution in [2.45, 2.75) is 26.2 Å². The van der Waals surface area contributed by atoms with Crippen LogP contribution in [0.4, 0.5) is 4.39 Å². The summed E-state index contributed by atoms with van der Waals surface area (Å²) in [6.07, 6.45) is 2.91. The van der Waals surface area contributed by atoms with E-state index in [1.807, 2.05) is 26.8 Å². The van der Waals surface area contributed by atoms with E-state index in [0.29, 0.717) is 5.69 Å². The number of hydrogen-bond donors (Lipinski definition) is 0. The molecule has 3 nitrogen and oxygen atoms in total. The van der Waals surface area contributed by atoms with Crippen molar-refractivity contribution in [3.63, 3.8) is 0 Å². The van der Waals surface area contributed by atoms with Gasteiger partial charge in [0.15, 0.2) is 0 Å². The third kappa shape index (κ3) is 1.83. The number of para-hydroxylation sites is 1. The normalized spacial score (nSPS) is 11.8. The zero-order chi connectivity index (χ0) is 11.8. The molecule has 0 aliphatic rings. The fourth-order valence-corrected chi connectivity index (χ4v) is 1.68. The Hall–Kier alpha value is -1.71. The molecule has 2 aromatic rings. The minimum atomic E-state index is -0.280. The Labute approximate surface area is 93.9 Å². The highest BCUT2D eigenvalue weighted by atomic mass is 19.1. The fourth-order valence-electron chi connectivity index (χ4n) is 1.68. The molecule has 1 heterocycles. The van der Waals surface area contributed by atoms with Gasteiger partial charge in [0, 0.05) is 0 Å². The molecule has 1 aromatic heterocycles. The lowest BCUT2D eigenvalue weighted by Gasteiger charge is -2.22. The minimum Gasteiger partial charge on any atom is -0.223 e. The highest BCUT2D eigenvalue weighted by molar-refractivity contribution is 5.45. The maximum absolute atomic E-state index is 13.9. The van der Waals surface area contributed by atoms with Crippen molar-refractivity contribution in [2.24, 2.45) is 0 Å². The van der Waals surface area contributed by atoms with Crippen LogP contribution < -0.4 is 0 Å². The van der Waals surface area contributed by atoms with Crippen molar-refractivity contribution in [2.75, 3.05) is 0 Å². The van der Waals surface area contributed by atoms with Crippen molar-refractivity contribution in [1.82, 2.24) is 14.8 Å². The summed E-state index contributed by atoms with van der Waals surface area (Å²) in [5.41, 5.74) is 1.26. The lowest BCUT2D eigenvalue weighted by Crippen LogP contribution is -2.16. The Morgan fingerprint density at radius 1 is 1.25 bits per heavy atom. The van der Waals surface area contributed by atoms with E-state index in [4.69, 9.17) is 0 Å². The van der Waals surface area contributed by atoms with Gasteiger partial charge in [-0.3, -0.25) is 0 Å². The summed E-state index contributed by atoms with van der Waals surface area (Å²) in [6.45, 7) is 6.13. The van der Waals surface area contributed by atoms with Crippen molar-refractivity contribution in [3.05, 3.63) is 42.2 Å². The molecule has 0 amide bonds. The molecule has 16 heavy (non-hydrogen) atoms. The van der Waals surface area contributed by atoms with Crippen LogP contribution in [0.2, 0.25) is 0 Å². The van der Waals surface area contributed by atoms with E-state index in [1.54, 1.807) is 6.07 Å². The van der Waals surface area contributed by atoms with Crippen molar-refractivity contribution >= 4 is 0 Å². The Bertz CT molecular complexity index is 483. The van der Waals surface area contributed by atoms with Crippen LogP contribution in [0, 0.1) is 5.82 Å². The van der Waals surface area contributed by atoms with Crippen LogP contribution in [0.3, 0.4) is 0 Å². The molecule has 0 aliphatic carbocycles. The van der Waals surface area contributed by atoms with Crippen molar-refractivity contribution in [3.8, 4) is 5.69 Å². The summed E-state index contributed by atoms with van der Waals surface area (Å²) >= 11 is 0. The Kier molecular flexibility index (Phi) is 2.50. The molecule has 0 N–H and O–H groups in total. The van der Waals surface area contributed by atoms with Gasteiger partial charge in [-0.15, -0.1) is 0 Å². The number of hydrogen-bond acceptors (Lipinski definition) is 2. The van der Waals surface area contributed by atoms with Crippen molar-refractivity contribution in [1.29, 1.82) is 0 Å². The molecule has 0 bridgehead atoms. The lowest BCUT2D eigenvalue weighted by molar-refractivity contribution is 0.557. The monoisotopic (exact) mass is 219 g/mol. The van der Waals surface area contributed by atoms with Gasteiger partial charge < -0.3 is 0 Å². The molecular formula is C12H14FN3. The summed E-state index contributed by atoms with van der Waals surface area (Å²) in [5.74, 6) is -0.280. The van der Waals surface area contributed by atoms with E-state index in [0.717, 1.165) is 5.56 Å². The van der Waals surface area contributed by atoms with E-state index in [2.05, 4.69) is 10.1 Å². The zero-order valence-electron chi connectivity index (χ0n) is 9.61. The van der Waals surface area contributed by atoms with Crippen LogP contribution in [-0.4, -0.2) is 14.8 Å². The minimum absolute atomic E-state index is 0.136. The third-order valence-corrected chi connectivity index (χ3v) is 2.44. The van der Waals surface area contributed by atoms with E-state index in [9.17, 15) is 4.39 Å². The molecule has 0 saturated carbocycles. The van der Waals surface area contributed by atoms with Gasteiger partial charge in [-0.2, -0.15) is 5.10 Å². The highest BCUT2D eigenvalue weighted by Gasteiger charge is 2.21. The van der Waals surface area contributed by atoms with Gasteiger partial charge in [0.05, 0.1) is 0 Å². The van der Waals surface area contributed by atoms with Gasteiger partial charge in [-0.1, -0.05) is 32.9 Å². The largest absolute Gasteiger partial charge is 0.223 e. The Morgan fingerprint density at radius 3 is 2.56 bits per heavy atom. The number of benzene rings is 1. The smallest absolute Gasteiger partial charge is 0.149 e. The summed E-state index contributed by atoms with van der Waals surface area (Å²) in [6, 6.07) is 5.07. The van der Waals surface area contributed by atoms with E-state index in [-0.39, 0.29) is 11.2 Å². The fraction of sp³-hybridized carbons (Fsp3) is 0.333. The first-order valence-electron chi connectivity index (χ1n) is 5.14. The molecular weight excluding hydrogens is 205 g/mol. The molecule has 1 aromatic carbocycles. The Morgan fingerprint density at radius 2 is 2.00 bits per heavy atom. The van der Waals surface area contributed by atoms with Crippen LogP contribution in [-0.2, 0) is 5.41 Å². The quantitative estimate of drug-likeness (QED) is 0.738. The topological polar surface area (TPSA) is 30.7 Å². The van der Waals surface area contributed by atoms with E-state index in [1.165, 1.54) is 23.4 Å². The Balaban J connectivity index is 2.68. The number of aromatic nitrogens is 3. The van der Waals surface area contributed by atoms with E-state index >= 15 is 0 Å². The maximum Gasteiger partial charge on any atom is 0.149 e. The van der Waals surface area contributed by atoms with Gasteiger partial charge in [-0.05, 0) is 17.0 Å². The lowest BCUT2D eigenvalue weighted by atomic mass is 9.85. The second kappa shape index (κ2) is 3.70. The van der Waals surface area contributed by atoms with Gasteiger partial charge in [-0.25, -0.2) is 14.1 Å². The molecule has 84 valence electrons. The molecule has 0 aliphatic heterocycles. The molecule has 0 saturated heterocycles. The van der Waals surface area contributed by atoms with Crippen LogP contribution in [0.25, 0.3) is 5.69 Å². The third-order valence-electron chi connectivity index (χ3n) is 2.44. The molecule has 0 spiro atoms. The molecule has 0 atom stereocenters. The van der Waals surface area contributed by atoms with Gasteiger partial charge >= 0.3 is 0 Å². The average molecular weight is 219 g/mol. The van der Waals surface area contributed by atoms with Crippen LogP contribution >= 0.6 is 0 Å². The number of halogens is 1. The summed E-state index contributed by atoms with van der Waals surface area (Å²) in [4.78, 5) is 3.85. The second-order valence-electron chi connectivity index (χ2n) is 4.73. The predicted molar refractivity (Wildman–Crippen MR) is 60.0 cm³/mol. The SMILES string of the molecule is CC(C)(C)c1cccc(F)c1-n1cncn1. The molecule has 2 rings (SSSR count). The first kappa shape index (κ1) is 10.8. The number of nitrogens with zero attached hydrogens (tertiary/aromatic N) is 3. The predicted octanol–water partition coefficient (Wildman–Crippen LogP) is 2.70. The van der Waals surface area contributed by atoms with Crippen molar-refractivity contribution < 1.29 is 4.39 Å². The molecule has 0 radical (unpaired) electrons. The van der Waals surface area contributed by atoms with Crippen LogP contribution in [0.15, 0.2) is 30.9 Å². The summed E-state index contributed by atoms with van der Waals surface area (Å²) in [7, 11) is 0. The summed E-state index contributed by atoms with van der Waals surface area (Å²) < 4.78 is 15.3. The van der Waals surface area contributed by atoms with Crippen LogP contribution in [0.5, 0.6) is 0 Å². The number of rotatable bonds is 1. The summed E-state index contributed by atoms with van der Waals surface area (Å²) in [5, 5.41) is 3.99. The molecule has 0 fully saturated rings. The highest BCUT2D eigenvalue weighted by Crippen LogP contribution is 2.29. The standard InChI is InChI=1S/C12H14FN3/c1-12(2,3)9-5-4-6-10(13)11(9)16-8-14-7-15-16/h4-8H,1-3H3. The van der Waals surface area contributed by atoms with Gasteiger partial charge in [0.1, 0.15) is 24.2 Å². The molecule has 4 heteroatoms. The molecule has 0 unspecified atom stereocenters.